The van der Waals surface area contributed by atoms with Gasteiger partial charge in [-0.3, -0.25) is 4.79 Å². The van der Waals surface area contributed by atoms with Crippen LogP contribution in [0.5, 0.6) is 0 Å². The molecule has 1 heterocycles. The van der Waals surface area contributed by atoms with Crippen molar-refractivity contribution in [3.8, 4) is 0 Å². The van der Waals surface area contributed by atoms with Crippen molar-refractivity contribution in [1.82, 2.24) is 0 Å². The second-order valence-corrected chi connectivity index (χ2v) is 5.90. The van der Waals surface area contributed by atoms with Crippen LogP contribution in [0.2, 0.25) is 0 Å². The molecule has 1 aromatic rings. The van der Waals surface area contributed by atoms with Crippen LogP contribution < -0.4 is 11.1 Å². The smallest absolute Gasteiger partial charge is 0.228 e. The van der Waals surface area contributed by atoms with E-state index in [1.54, 1.807) is 0 Å². The standard InChI is InChI=1S/C13H15BrN2O/c14-10-6-12-8(5-13(17)16-12)4-9(10)11(15)3-7-1-2-7/h4,6-7,11H,1-3,5,15H2,(H,16,17). The summed E-state index contributed by atoms with van der Waals surface area (Å²) in [6, 6.07) is 4.13. The molecule has 3 rings (SSSR count). The van der Waals surface area contributed by atoms with Crippen molar-refractivity contribution in [2.45, 2.75) is 31.7 Å². The van der Waals surface area contributed by atoms with Crippen LogP contribution in [-0.4, -0.2) is 5.91 Å². The molecule has 1 amide bonds. The fourth-order valence-corrected chi connectivity index (χ4v) is 3.03. The molecular weight excluding hydrogens is 280 g/mol. The van der Waals surface area contributed by atoms with E-state index >= 15 is 0 Å². The third-order valence-electron chi connectivity index (χ3n) is 3.53. The lowest BCUT2D eigenvalue weighted by Gasteiger charge is -2.15. The molecule has 1 unspecified atom stereocenters. The lowest BCUT2D eigenvalue weighted by Crippen LogP contribution is -2.12. The van der Waals surface area contributed by atoms with Crippen molar-refractivity contribution in [2.24, 2.45) is 11.7 Å². The van der Waals surface area contributed by atoms with Crippen molar-refractivity contribution >= 4 is 27.5 Å². The molecule has 0 aromatic heterocycles. The number of benzene rings is 1. The number of carbonyl (C=O) groups is 1. The van der Waals surface area contributed by atoms with Crippen molar-refractivity contribution in [3.63, 3.8) is 0 Å². The Balaban J connectivity index is 1.89. The van der Waals surface area contributed by atoms with Gasteiger partial charge in [-0.2, -0.15) is 0 Å². The molecular formula is C13H15BrN2O. The summed E-state index contributed by atoms with van der Waals surface area (Å²) in [6.45, 7) is 0. The van der Waals surface area contributed by atoms with Gasteiger partial charge in [-0.1, -0.05) is 34.8 Å². The van der Waals surface area contributed by atoms with Crippen LogP contribution in [0.15, 0.2) is 16.6 Å². The molecule has 0 radical (unpaired) electrons. The van der Waals surface area contributed by atoms with Gasteiger partial charge in [-0.25, -0.2) is 0 Å². The summed E-state index contributed by atoms with van der Waals surface area (Å²) in [5, 5.41) is 2.85. The Morgan fingerprint density at radius 1 is 1.47 bits per heavy atom. The maximum absolute atomic E-state index is 11.3. The highest BCUT2D eigenvalue weighted by Crippen LogP contribution is 2.39. The Kier molecular flexibility index (Phi) is 2.71. The second kappa shape index (κ2) is 4.10. The lowest BCUT2D eigenvalue weighted by molar-refractivity contribution is -0.115. The van der Waals surface area contributed by atoms with Crippen LogP contribution >= 0.6 is 15.9 Å². The topological polar surface area (TPSA) is 55.1 Å². The summed E-state index contributed by atoms with van der Waals surface area (Å²) < 4.78 is 1.01. The fraction of sp³-hybridized carbons (Fsp3) is 0.462. The van der Waals surface area contributed by atoms with Gasteiger partial charge >= 0.3 is 0 Å². The summed E-state index contributed by atoms with van der Waals surface area (Å²) >= 11 is 3.55. The van der Waals surface area contributed by atoms with E-state index < -0.39 is 0 Å². The van der Waals surface area contributed by atoms with E-state index in [1.165, 1.54) is 12.8 Å². The van der Waals surface area contributed by atoms with Crippen molar-refractivity contribution in [1.29, 1.82) is 0 Å². The van der Waals surface area contributed by atoms with Crippen LogP contribution in [0.1, 0.15) is 36.4 Å². The Labute approximate surface area is 109 Å². The van der Waals surface area contributed by atoms with E-state index in [0.29, 0.717) is 6.42 Å². The van der Waals surface area contributed by atoms with Crippen LogP contribution in [0, 0.1) is 5.92 Å². The molecule has 2 aliphatic rings. The first-order valence-electron chi connectivity index (χ1n) is 6.01. The number of carbonyl (C=O) groups excluding carboxylic acids is 1. The van der Waals surface area contributed by atoms with Crippen molar-refractivity contribution in [2.75, 3.05) is 5.32 Å². The molecule has 3 nitrogen and oxygen atoms in total. The third-order valence-corrected chi connectivity index (χ3v) is 4.22. The molecule has 1 aliphatic carbocycles. The molecule has 1 atom stereocenters. The van der Waals surface area contributed by atoms with Gasteiger partial charge in [0.05, 0.1) is 6.42 Å². The Morgan fingerprint density at radius 2 is 2.24 bits per heavy atom. The number of anilines is 1. The van der Waals surface area contributed by atoms with E-state index in [-0.39, 0.29) is 11.9 Å². The predicted octanol–water partition coefficient (Wildman–Crippen LogP) is 2.74. The highest BCUT2D eigenvalue weighted by molar-refractivity contribution is 9.10. The molecule has 0 saturated heterocycles. The van der Waals surface area contributed by atoms with Crippen LogP contribution in [-0.2, 0) is 11.2 Å². The zero-order valence-electron chi connectivity index (χ0n) is 9.50. The number of hydrogen-bond acceptors (Lipinski definition) is 2. The van der Waals surface area contributed by atoms with Gasteiger partial charge in [0.25, 0.3) is 0 Å². The second-order valence-electron chi connectivity index (χ2n) is 5.04. The minimum Gasteiger partial charge on any atom is -0.325 e. The molecule has 90 valence electrons. The molecule has 3 N–H and O–H groups in total. The molecule has 4 heteroatoms. The largest absolute Gasteiger partial charge is 0.325 e. The first kappa shape index (κ1) is 11.2. The zero-order chi connectivity index (χ0) is 12.0. The summed E-state index contributed by atoms with van der Waals surface area (Å²) in [5.41, 5.74) is 9.35. The average Bonchev–Trinajstić information content (AvgIpc) is 2.98. The number of fused-ring (bicyclic) bond motifs is 1. The first-order valence-corrected chi connectivity index (χ1v) is 6.80. The van der Waals surface area contributed by atoms with Crippen molar-refractivity contribution < 1.29 is 4.79 Å². The molecule has 1 aliphatic heterocycles. The summed E-state index contributed by atoms with van der Waals surface area (Å²) in [4.78, 5) is 11.3. The highest BCUT2D eigenvalue weighted by Gasteiger charge is 2.27. The lowest BCUT2D eigenvalue weighted by atomic mass is 9.99. The van der Waals surface area contributed by atoms with Gasteiger partial charge in [0.1, 0.15) is 0 Å². The number of hydrogen-bond donors (Lipinski definition) is 2. The van der Waals surface area contributed by atoms with Gasteiger partial charge in [0.15, 0.2) is 0 Å². The van der Waals surface area contributed by atoms with Crippen LogP contribution in [0.25, 0.3) is 0 Å². The third kappa shape index (κ3) is 2.24. The van der Waals surface area contributed by atoms with Gasteiger partial charge in [-0.05, 0) is 29.5 Å². The molecule has 1 saturated carbocycles. The summed E-state index contributed by atoms with van der Waals surface area (Å²) in [6.07, 6.45) is 4.16. The number of nitrogens with two attached hydrogens (primary N) is 1. The predicted molar refractivity (Wildman–Crippen MR) is 70.7 cm³/mol. The molecule has 0 bridgehead atoms. The monoisotopic (exact) mass is 294 g/mol. The zero-order valence-corrected chi connectivity index (χ0v) is 11.1. The Morgan fingerprint density at radius 3 is 2.94 bits per heavy atom. The molecule has 1 fully saturated rings. The van der Waals surface area contributed by atoms with E-state index in [4.69, 9.17) is 5.73 Å². The minimum absolute atomic E-state index is 0.0693. The number of halogens is 1. The molecule has 0 spiro atoms. The van der Waals surface area contributed by atoms with Crippen LogP contribution in [0.3, 0.4) is 0 Å². The minimum atomic E-state index is 0.0693. The fourth-order valence-electron chi connectivity index (χ4n) is 2.39. The van der Waals surface area contributed by atoms with Gasteiger partial charge in [0.2, 0.25) is 5.91 Å². The Hall–Kier alpha value is -0.870. The molecule has 17 heavy (non-hydrogen) atoms. The first-order chi connectivity index (χ1) is 8.13. The van der Waals surface area contributed by atoms with E-state index in [9.17, 15) is 4.79 Å². The van der Waals surface area contributed by atoms with Crippen LogP contribution in [0.4, 0.5) is 5.69 Å². The maximum Gasteiger partial charge on any atom is 0.228 e. The average molecular weight is 295 g/mol. The SMILES string of the molecule is NC(CC1CC1)c1cc2c(cc1Br)NC(=O)C2. The van der Waals surface area contributed by atoms with Crippen molar-refractivity contribution in [3.05, 3.63) is 27.7 Å². The maximum atomic E-state index is 11.3. The van der Waals surface area contributed by atoms with Gasteiger partial charge in [0, 0.05) is 16.2 Å². The van der Waals surface area contributed by atoms with E-state index in [0.717, 1.165) is 33.6 Å². The number of nitrogens with one attached hydrogen (secondary N) is 1. The normalized spacial score (nSPS) is 20.0. The Bertz CT molecular complexity index is 483. The van der Waals surface area contributed by atoms with Gasteiger partial charge < -0.3 is 11.1 Å². The van der Waals surface area contributed by atoms with Gasteiger partial charge in [-0.15, -0.1) is 0 Å². The number of amides is 1. The summed E-state index contributed by atoms with van der Waals surface area (Å²) in [7, 11) is 0. The summed E-state index contributed by atoms with van der Waals surface area (Å²) in [5.74, 6) is 0.879. The quantitative estimate of drug-likeness (QED) is 0.901. The van der Waals surface area contributed by atoms with E-state index in [2.05, 4.69) is 27.3 Å². The van der Waals surface area contributed by atoms with E-state index in [1.807, 2.05) is 6.07 Å². The number of rotatable bonds is 3. The molecule has 1 aromatic carbocycles. The highest BCUT2D eigenvalue weighted by atomic mass is 79.9.